The van der Waals surface area contributed by atoms with Crippen LogP contribution in [-0.2, 0) is 56.8 Å². The molecule has 0 amide bonds. The van der Waals surface area contributed by atoms with Crippen molar-refractivity contribution in [2.24, 2.45) is 0 Å². The molecule has 0 aliphatic carbocycles. The van der Waals surface area contributed by atoms with Crippen molar-refractivity contribution in [1.82, 2.24) is 0 Å². The molecule has 0 bridgehead atoms. The fourth-order valence-corrected chi connectivity index (χ4v) is 4.51. The molecule has 0 saturated heterocycles. The molecule has 6 aromatic rings. The summed E-state index contributed by atoms with van der Waals surface area (Å²) in [7, 11) is 19.8. The first-order valence-electron chi connectivity index (χ1n) is 27.3. The van der Waals surface area contributed by atoms with Crippen molar-refractivity contribution in [3.63, 3.8) is 0 Å². The van der Waals surface area contributed by atoms with Crippen LogP contribution in [0.2, 0.25) is 0 Å². The minimum absolute atomic E-state index is 0. The maximum Gasteiger partial charge on any atom is 4.00 e. The van der Waals surface area contributed by atoms with E-state index in [2.05, 4.69) is 56.8 Å². The molecular weight excluding hydrogens is 1830 g/mol. The summed E-state index contributed by atoms with van der Waals surface area (Å²) < 4.78 is 418. The van der Waals surface area contributed by atoms with E-state index in [-0.39, 0.29) is 68.8 Å². The van der Waals surface area contributed by atoms with Gasteiger partial charge in [-0.05, 0) is 34.5 Å². The molecule has 18 nitrogen and oxygen atoms in total. The van der Waals surface area contributed by atoms with Gasteiger partial charge in [-0.25, -0.2) is 132 Å². The molecule has 0 fully saturated rings. The van der Waals surface area contributed by atoms with Crippen molar-refractivity contribution < 1.29 is 288 Å². The van der Waals surface area contributed by atoms with Crippen LogP contribution in [0.1, 0.15) is 0 Å². The summed E-state index contributed by atoms with van der Waals surface area (Å²) in [5.74, 6) is -81.5. The van der Waals surface area contributed by atoms with Crippen molar-refractivity contribution in [3.05, 3.63) is 175 Å². The van der Waals surface area contributed by atoms with Crippen molar-refractivity contribution in [1.29, 1.82) is 0 Å². The summed E-state index contributed by atoms with van der Waals surface area (Å²) in [6.07, 6.45) is 0. The zero-order chi connectivity index (χ0) is 85.8. The smallest absolute Gasteiger partial charge is 0.868 e. The second kappa shape index (κ2) is 69.3. The van der Waals surface area contributed by atoms with E-state index in [0.717, 1.165) is 0 Å². The van der Waals surface area contributed by atoms with E-state index in [0.29, 0.717) is 79.3 Å². The fraction of sp³-hybridized carbons (Fsp3) is 0.400. The third kappa shape index (κ3) is 44.3. The van der Waals surface area contributed by atoms with E-state index in [4.69, 9.17) is 0 Å². The topological polar surface area (TPSA) is 249 Å². The van der Waals surface area contributed by atoms with Crippen LogP contribution in [0.15, 0.2) is 0 Å². The average molecular weight is 1890 g/mol. The van der Waals surface area contributed by atoms with E-state index >= 15 is 0 Å². The molecule has 0 N–H and O–H groups in total. The summed E-state index contributed by atoms with van der Waals surface area (Å²) in [6.45, 7) is 8.29. The molecule has 0 aliphatic rings. The summed E-state index contributed by atoms with van der Waals surface area (Å²) in [5, 5.41) is 61.0. The van der Waals surface area contributed by atoms with Crippen LogP contribution in [-0.4, -0.2) is 165 Å². The predicted molar refractivity (Wildman–Crippen MR) is 297 cm³/mol. The van der Waals surface area contributed by atoms with Gasteiger partial charge in [0.1, 0.15) is 0 Å². The van der Waals surface area contributed by atoms with Crippen molar-refractivity contribution in [2.45, 2.75) is 0 Å². The summed E-state index contributed by atoms with van der Waals surface area (Å²) in [5.41, 5.74) is 0. The Morgan fingerprint density at radius 1 is 0.135 bits per heavy atom. The summed E-state index contributed by atoms with van der Waals surface area (Å²) >= 11 is 0. The maximum atomic E-state index is 12.1. The molecule has 0 aromatic heterocycles. The Morgan fingerprint density at radius 2 is 0.180 bits per heavy atom. The SMILES string of the molecule is COCCOC.COCCOC.COCCOC.COCCOC.COCCOC.COCCOC.[Li+].[Li+].[O-]c1c(F)c(F)c(F)c(F)c1F.[O-]c1c(F)c(F)c(F)c(F)c1F.[O-]c1c(F)c(F)c(F)c(F)c1F.[O-]c1c(F)c(F)c(F)c(F)c1F.[O-]c1c(F)c(F)c(F)c(F)c1F.[O-]c1c(F)c(F)c(F)c(F)c1F.[U+4]. The zero-order valence-electron chi connectivity index (χ0n) is 59.7. The quantitative estimate of drug-likeness (QED) is 0.0380. The van der Waals surface area contributed by atoms with Gasteiger partial charge in [0.15, 0.2) is 175 Å². The first kappa shape index (κ1) is 123. The van der Waals surface area contributed by atoms with Crippen LogP contribution in [0.3, 0.4) is 0 Å². The molecule has 0 unspecified atom stereocenters. The van der Waals surface area contributed by atoms with Gasteiger partial charge in [-0.1, -0.05) is 0 Å². The average Bonchev–Trinajstić information content (AvgIpc) is 0.859. The van der Waals surface area contributed by atoms with E-state index in [1.54, 1.807) is 85.3 Å². The third-order valence-electron chi connectivity index (χ3n) is 9.97. The standard InChI is InChI=1S/6C6HF5O.6C4H10O2.2Li.U/c6*7-1-2(8)4(10)6(12)5(11)3(1)9;6*1-5-3-4-6-2;;;/h6*12H;6*3-4H2,1-2H3;;;/q;;;;;;;;;;;;2*+1;+4/p-6. The molecule has 51 heteroatoms. The Morgan fingerprint density at radius 3 is 0.225 bits per heavy atom. The van der Waals surface area contributed by atoms with Crippen LogP contribution < -0.4 is 68.4 Å². The zero-order valence-corrected chi connectivity index (χ0v) is 63.8. The van der Waals surface area contributed by atoms with Crippen LogP contribution in [0, 0.1) is 206 Å². The van der Waals surface area contributed by atoms with Gasteiger partial charge in [0.25, 0.3) is 0 Å². The number of methoxy groups -OCH3 is 12. The third-order valence-corrected chi connectivity index (χ3v) is 9.97. The Kier molecular flexibility index (Phi) is 76.8. The van der Waals surface area contributed by atoms with Gasteiger partial charge in [0.2, 0.25) is 0 Å². The van der Waals surface area contributed by atoms with Gasteiger partial charge < -0.3 is 87.5 Å². The Hall–Kier alpha value is -6.21. The molecule has 0 saturated carbocycles. The number of benzene rings is 6. The number of hydrogen-bond acceptors (Lipinski definition) is 18. The molecule has 0 atom stereocenters. The number of ether oxygens (including phenoxy) is 12. The molecule has 0 spiro atoms. The van der Waals surface area contributed by atoms with Crippen molar-refractivity contribution in [2.75, 3.05) is 165 Å². The minimum Gasteiger partial charge on any atom is -0.868 e. The molecule has 0 radical (unpaired) electrons. The van der Waals surface area contributed by atoms with Gasteiger partial charge in [-0.3, -0.25) is 0 Å². The minimum atomic E-state index is -2.33. The first-order valence-corrected chi connectivity index (χ1v) is 27.3. The van der Waals surface area contributed by atoms with Crippen LogP contribution >= 0.6 is 0 Å². The normalized spacial score (nSPS) is 9.68. The molecular formula is C60H60F30Li2O18U. The van der Waals surface area contributed by atoms with Crippen molar-refractivity contribution >= 4 is 0 Å². The Bertz CT molecular complexity index is 2340. The van der Waals surface area contributed by atoms with Crippen LogP contribution in [0.5, 0.6) is 34.5 Å². The van der Waals surface area contributed by atoms with E-state index in [1.165, 1.54) is 0 Å². The Labute approximate surface area is 658 Å². The van der Waals surface area contributed by atoms with Gasteiger partial charge in [-0.15, -0.1) is 0 Å². The molecule has 0 aliphatic heterocycles. The van der Waals surface area contributed by atoms with E-state index in [9.17, 15) is 162 Å². The number of rotatable bonds is 18. The van der Waals surface area contributed by atoms with Gasteiger partial charge >= 0.3 is 68.8 Å². The van der Waals surface area contributed by atoms with Crippen LogP contribution in [0.25, 0.3) is 0 Å². The predicted octanol–water partition coefficient (Wildman–Crippen LogP) is 4.42. The van der Waals surface area contributed by atoms with Gasteiger partial charge in [0.05, 0.1) is 79.3 Å². The molecule has 624 valence electrons. The second-order valence-electron chi connectivity index (χ2n) is 17.3. The second-order valence-corrected chi connectivity index (χ2v) is 17.3. The molecule has 111 heavy (non-hydrogen) atoms. The van der Waals surface area contributed by atoms with Crippen molar-refractivity contribution in [3.8, 4) is 34.5 Å². The largest absolute Gasteiger partial charge is 4.00 e. The first-order chi connectivity index (χ1) is 50.3. The summed E-state index contributed by atoms with van der Waals surface area (Å²) in [6, 6.07) is 0. The Balaban J connectivity index is -0.000000148. The molecule has 6 aromatic carbocycles. The van der Waals surface area contributed by atoms with E-state index in [1.807, 2.05) is 0 Å². The van der Waals surface area contributed by atoms with Gasteiger partial charge in [-0.2, -0.15) is 0 Å². The van der Waals surface area contributed by atoms with Gasteiger partial charge in [0, 0.05) is 85.3 Å². The monoisotopic (exact) mass is 1890 g/mol. The number of hydrogen-bond donors (Lipinski definition) is 0. The number of halogens is 30. The molecule has 0 heterocycles. The fourth-order valence-electron chi connectivity index (χ4n) is 4.51. The van der Waals surface area contributed by atoms with Crippen LogP contribution in [0.4, 0.5) is 132 Å². The summed E-state index contributed by atoms with van der Waals surface area (Å²) in [4.78, 5) is 0. The maximum absolute atomic E-state index is 12.1. The van der Waals surface area contributed by atoms with E-state index < -0.39 is 209 Å². The molecule has 6 rings (SSSR count).